The number of rotatable bonds is 3. The first-order valence-electron chi connectivity index (χ1n) is 9.82. The van der Waals surface area contributed by atoms with E-state index in [2.05, 4.69) is 10.3 Å². The molecular formula is C23H23N3O3. The number of hydrogen-bond donors (Lipinski definition) is 2. The summed E-state index contributed by atoms with van der Waals surface area (Å²) < 4.78 is 0. The van der Waals surface area contributed by atoms with Crippen LogP contribution in [0.4, 0.5) is 0 Å². The minimum Gasteiger partial charge on any atom is -0.353 e. The van der Waals surface area contributed by atoms with Gasteiger partial charge in [0.2, 0.25) is 5.91 Å². The first kappa shape index (κ1) is 18.9. The number of pyridine rings is 1. The second-order valence-electron chi connectivity index (χ2n) is 7.29. The molecule has 0 bridgehead atoms. The van der Waals surface area contributed by atoms with Crippen molar-refractivity contribution in [1.82, 2.24) is 15.2 Å². The molecule has 2 N–H and O–H groups in total. The number of carbonyl (C=O) groups is 2. The van der Waals surface area contributed by atoms with Gasteiger partial charge in [-0.15, -0.1) is 0 Å². The Hall–Kier alpha value is -3.41. The number of H-pyrrole nitrogens is 1. The molecule has 4 rings (SSSR count). The second kappa shape index (κ2) is 7.54. The van der Waals surface area contributed by atoms with E-state index in [1.807, 2.05) is 44.2 Å². The highest BCUT2D eigenvalue weighted by atomic mass is 16.2. The average Bonchev–Trinajstić information content (AvgIpc) is 2.73. The zero-order chi connectivity index (χ0) is 20.5. The number of hydrogen-bond acceptors (Lipinski definition) is 3. The third-order valence-electron chi connectivity index (χ3n) is 5.56. The molecule has 148 valence electrons. The number of para-hydroxylation sites is 1. The molecule has 1 aromatic heterocycles. The van der Waals surface area contributed by atoms with E-state index in [4.69, 9.17) is 0 Å². The standard InChI is InChI=1S/C23H23N3O3/c1-3-19-21(27)24-11-12-26(19)23(29)16-8-6-7-15(13-16)20-14(2)17-9-4-5-10-18(17)25-22(20)28/h4-10,13,19H,3,11-12H2,1-2H3,(H,24,27)(H,25,28)/t19-/m1/s1. The lowest BCUT2D eigenvalue weighted by atomic mass is 9.96. The van der Waals surface area contributed by atoms with Gasteiger partial charge in [0.15, 0.2) is 0 Å². The first-order valence-corrected chi connectivity index (χ1v) is 9.82. The number of aromatic nitrogens is 1. The number of piperazine rings is 1. The summed E-state index contributed by atoms with van der Waals surface area (Å²) in [5, 5.41) is 3.78. The summed E-state index contributed by atoms with van der Waals surface area (Å²) in [6, 6.07) is 14.3. The number of amides is 2. The summed E-state index contributed by atoms with van der Waals surface area (Å²) >= 11 is 0. The van der Waals surface area contributed by atoms with Crippen molar-refractivity contribution in [2.24, 2.45) is 0 Å². The fraction of sp³-hybridized carbons (Fsp3) is 0.261. The van der Waals surface area contributed by atoms with Gasteiger partial charge in [-0.3, -0.25) is 14.4 Å². The molecule has 1 aliphatic heterocycles. The quantitative estimate of drug-likeness (QED) is 0.723. The fourth-order valence-electron chi connectivity index (χ4n) is 4.09. The van der Waals surface area contributed by atoms with Gasteiger partial charge in [-0.1, -0.05) is 37.3 Å². The summed E-state index contributed by atoms with van der Waals surface area (Å²) in [4.78, 5) is 42.6. The molecule has 2 heterocycles. The Morgan fingerprint density at radius 3 is 2.72 bits per heavy atom. The predicted molar refractivity (Wildman–Crippen MR) is 113 cm³/mol. The SMILES string of the molecule is CC[C@@H]1C(=O)NCCN1C(=O)c1cccc(-c2c(C)c3ccccc3[nH]c2=O)c1. The highest BCUT2D eigenvalue weighted by molar-refractivity contribution is 5.99. The van der Waals surface area contributed by atoms with E-state index in [9.17, 15) is 14.4 Å². The fourth-order valence-corrected chi connectivity index (χ4v) is 4.09. The Morgan fingerprint density at radius 2 is 1.93 bits per heavy atom. The van der Waals surface area contributed by atoms with Gasteiger partial charge in [0, 0.05) is 29.6 Å². The van der Waals surface area contributed by atoms with Gasteiger partial charge in [-0.25, -0.2) is 0 Å². The maximum absolute atomic E-state index is 13.1. The molecule has 1 atom stereocenters. The number of nitrogens with zero attached hydrogens (tertiary/aromatic N) is 1. The van der Waals surface area contributed by atoms with Crippen molar-refractivity contribution in [3.63, 3.8) is 0 Å². The molecule has 0 aliphatic carbocycles. The zero-order valence-electron chi connectivity index (χ0n) is 16.5. The van der Waals surface area contributed by atoms with Crippen molar-refractivity contribution >= 4 is 22.7 Å². The molecule has 1 fully saturated rings. The predicted octanol–water partition coefficient (Wildman–Crippen LogP) is 2.85. The van der Waals surface area contributed by atoms with Gasteiger partial charge in [0.1, 0.15) is 6.04 Å². The van der Waals surface area contributed by atoms with Crippen LogP contribution in [0.25, 0.3) is 22.0 Å². The normalized spacial score (nSPS) is 16.7. The molecule has 6 nitrogen and oxygen atoms in total. The van der Waals surface area contributed by atoms with Crippen molar-refractivity contribution in [1.29, 1.82) is 0 Å². The van der Waals surface area contributed by atoms with Crippen LogP contribution >= 0.6 is 0 Å². The highest BCUT2D eigenvalue weighted by Gasteiger charge is 2.32. The van der Waals surface area contributed by atoms with E-state index in [1.54, 1.807) is 23.1 Å². The number of aromatic amines is 1. The Bertz CT molecular complexity index is 1170. The van der Waals surface area contributed by atoms with E-state index in [0.717, 1.165) is 16.5 Å². The van der Waals surface area contributed by atoms with Crippen LogP contribution in [0.15, 0.2) is 53.3 Å². The minimum absolute atomic E-state index is 0.120. The number of aryl methyl sites for hydroxylation is 1. The van der Waals surface area contributed by atoms with Gasteiger partial charge in [-0.2, -0.15) is 0 Å². The third kappa shape index (κ3) is 3.31. The van der Waals surface area contributed by atoms with Gasteiger partial charge >= 0.3 is 0 Å². The van der Waals surface area contributed by atoms with Gasteiger partial charge in [-0.05, 0) is 42.7 Å². The number of fused-ring (bicyclic) bond motifs is 1. The summed E-state index contributed by atoms with van der Waals surface area (Å²) in [5.74, 6) is -0.312. The van der Waals surface area contributed by atoms with Crippen molar-refractivity contribution in [3.8, 4) is 11.1 Å². The van der Waals surface area contributed by atoms with Gasteiger partial charge < -0.3 is 15.2 Å². The molecule has 1 aliphatic rings. The summed E-state index contributed by atoms with van der Waals surface area (Å²) in [7, 11) is 0. The van der Waals surface area contributed by atoms with Crippen LogP contribution in [-0.2, 0) is 4.79 Å². The minimum atomic E-state index is -0.467. The molecule has 3 aromatic rings. The first-order chi connectivity index (χ1) is 14.0. The zero-order valence-corrected chi connectivity index (χ0v) is 16.5. The maximum Gasteiger partial charge on any atom is 0.256 e. The van der Waals surface area contributed by atoms with Crippen LogP contribution in [-0.4, -0.2) is 40.8 Å². The molecule has 6 heteroatoms. The topological polar surface area (TPSA) is 82.3 Å². The van der Waals surface area contributed by atoms with E-state index in [0.29, 0.717) is 36.2 Å². The van der Waals surface area contributed by atoms with Crippen LogP contribution in [0.1, 0.15) is 29.3 Å². The highest BCUT2D eigenvalue weighted by Crippen LogP contribution is 2.26. The molecule has 2 aromatic carbocycles. The summed E-state index contributed by atoms with van der Waals surface area (Å²) in [6.07, 6.45) is 0.556. The lowest BCUT2D eigenvalue weighted by Gasteiger charge is -2.34. The molecule has 29 heavy (non-hydrogen) atoms. The van der Waals surface area contributed by atoms with Crippen molar-refractivity contribution in [2.45, 2.75) is 26.3 Å². The Labute approximate surface area is 168 Å². The smallest absolute Gasteiger partial charge is 0.256 e. The number of nitrogens with one attached hydrogen (secondary N) is 2. The van der Waals surface area contributed by atoms with Crippen molar-refractivity contribution in [3.05, 3.63) is 70.0 Å². The van der Waals surface area contributed by atoms with E-state index >= 15 is 0 Å². The second-order valence-corrected chi connectivity index (χ2v) is 7.29. The molecule has 0 radical (unpaired) electrons. The Morgan fingerprint density at radius 1 is 1.14 bits per heavy atom. The number of benzene rings is 2. The van der Waals surface area contributed by atoms with E-state index in [-0.39, 0.29) is 17.4 Å². The molecular weight excluding hydrogens is 366 g/mol. The van der Waals surface area contributed by atoms with Gasteiger partial charge in [0.25, 0.3) is 11.5 Å². The average molecular weight is 389 g/mol. The lowest BCUT2D eigenvalue weighted by Crippen LogP contribution is -2.56. The Kier molecular flexibility index (Phi) is 4.92. The van der Waals surface area contributed by atoms with Crippen LogP contribution in [0.5, 0.6) is 0 Å². The third-order valence-corrected chi connectivity index (χ3v) is 5.56. The molecule has 1 saturated heterocycles. The monoisotopic (exact) mass is 389 g/mol. The van der Waals surface area contributed by atoms with Crippen LogP contribution in [0.3, 0.4) is 0 Å². The lowest BCUT2D eigenvalue weighted by molar-refractivity contribution is -0.127. The van der Waals surface area contributed by atoms with Gasteiger partial charge in [0.05, 0.1) is 5.56 Å². The summed E-state index contributed by atoms with van der Waals surface area (Å²) in [6.45, 7) is 4.74. The van der Waals surface area contributed by atoms with E-state index in [1.165, 1.54) is 0 Å². The van der Waals surface area contributed by atoms with Crippen molar-refractivity contribution < 1.29 is 9.59 Å². The summed E-state index contributed by atoms with van der Waals surface area (Å²) in [5.41, 5.74) is 3.20. The molecule has 0 spiro atoms. The Balaban J connectivity index is 1.77. The largest absolute Gasteiger partial charge is 0.353 e. The maximum atomic E-state index is 13.1. The molecule has 0 unspecified atom stereocenters. The van der Waals surface area contributed by atoms with Crippen LogP contribution in [0, 0.1) is 6.92 Å². The van der Waals surface area contributed by atoms with Crippen molar-refractivity contribution in [2.75, 3.05) is 13.1 Å². The number of carbonyl (C=O) groups excluding carboxylic acids is 2. The molecule has 0 saturated carbocycles. The van der Waals surface area contributed by atoms with Crippen LogP contribution < -0.4 is 10.9 Å². The van der Waals surface area contributed by atoms with Crippen LogP contribution in [0.2, 0.25) is 0 Å². The molecule has 2 amide bonds. The van der Waals surface area contributed by atoms with E-state index < -0.39 is 6.04 Å².